The Morgan fingerprint density at radius 2 is 2.33 bits per heavy atom. The molecule has 6 heteroatoms. The van der Waals surface area contributed by atoms with Crippen molar-refractivity contribution in [3.63, 3.8) is 0 Å². The quantitative estimate of drug-likeness (QED) is 0.737. The van der Waals surface area contributed by atoms with E-state index < -0.39 is 0 Å². The molecule has 2 aromatic rings. The second-order valence-corrected chi connectivity index (χ2v) is 3.79. The number of rotatable bonds is 1. The van der Waals surface area contributed by atoms with Gasteiger partial charge in [0.1, 0.15) is 0 Å². The molecule has 0 aliphatic carbocycles. The summed E-state index contributed by atoms with van der Waals surface area (Å²) in [6, 6.07) is 0. The minimum absolute atomic E-state index is 0.499. The number of nitrogens with one attached hydrogen (secondary N) is 1. The zero-order valence-electron chi connectivity index (χ0n) is 5.91. The highest BCUT2D eigenvalue weighted by atomic mass is 35.5. The Morgan fingerprint density at radius 1 is 1.50 bits per heavy atom. The Balaban J connectivity index is 2.50. The normalized spacial score (nSPS) is 10.4. The summed E-state index contributed by atoms with van der Waals surface area (Å²) in [5, 5.41) is 6.56. The summed E-state index contributed by atoms with van der Waals surface area (Å²) in [7, 11) is 0. The van der Waals surface area contributed by atoms with Gasteiger partial charge in [-0.05, 0) is 0 Å². The van der Waals surface area contributed by atoms with Crippen molar-refractivity contribution in [2.24, 2.45) is 0 Å². The molecule has 0 radical (unpaired) electrons. The lowest BCUT2D eigenvalue weighted by molar-refractivity contribution is 1.10. The molecule has 0 aliphatic heterocycles. The first kappa shape index (κ1) is 7.57. The number of nitrogen functional groups attached to an aromatic ring is 1. The molecule has 2 heterocycles. The lowest BCUT2D eigenvalue weighted by Gasteiger charge is -1.90. The monoisotopic (exact) mass is 200 g/mol. The fourth-order valence-corrected chi connectivity index (χ4v) is 1.82. The maximum absolute atomic E-state index is 5.66. The maximum atomic E-state index is 5.66. The van der Waals surface area contributed by atoms with Crippen molar-refractivity contribution in [3.05, 3.63) is 16.9 Å². The van der Waals surface area contributed by atoms with E-state index in [4.69, 9.17) is 17.3 Å². The van der Waals surface area contributed by atoms with Gasteiger partial charge in [0.05, 0.1) is 22.5 Å². The van der Waals surface area contributed by atoms with Crippen LogP contribution in [-0.4, -0.2) is 15.2 Å². The van der Waals surface area contributed by atoms with E-state index in [1.165, 1.54) is 11.3 Å². The van der Waals surface area contributed by atoms with Gasteiger partial charge >= 0.3 is 0 Å². The van der Waals surface area contributed by atoms with E-state index in [9.17, 15) is 0 Å². The fraction of sp³-hybridized carbons (Fsp3) is 0. The van der Waals surface area contributed by atoms with Crippen LogP contribution in [-0.2, 0) is 0 Å². The summed E-state index contributed by atoms with van der Waals surface area (Å²) in [4.78, 5) is 4.79. The SMILES string of the molecule is Nc1cn[nH]c1-c1cnc(Cl)s1. The van der Waals surface area contributed by atoms with Crippen molar-refractivity contribution in [1.29, 1.82) is 0 Å². The van der Waals surface area contributed by atoms with E-state index in [2.05, 4.69) is 15.2 Å². The van der Waals surface area contributed by atoms with Gasteiger partial charge in [0.15, 0.2) is 4.47 Å². The number of nitrogens with zero attached hydrogens (tertiary/aromatic N) is 2. The number of nitrogens with two attached hydrogens (primary N) is 1. The van der Waals surface area contributed by atoms with Crippen LogP contribution in [0, 0.1) is 0 Å². The van der Waals surface area contributed by atoms with Crippen LogP contribution >= 0.6 is 22.9 Å². The Kier molecular flexibility index (Phi) is 1.74. The van der Waals surface area contributed by atoms with Gasteiger partial charge in [0.2, 0.25) is 0 Å². The number of hydrogen-bond acceptors (Lipinski definition) is 4. The number of aromatic nitrogens is 3. The standard InChI is InChI=1S/C6H5ClN4S/c7-6-9-2-4(12-6)5-3(8)1-10-11-5/h1-2H,8H2,(H,10,11). The summed E-state index contributed by atoms with van der Waals surface area (Å²) in [6.45, 7) is 0. The van der Waals surface area contributed by atoms with Gasteiger partial charge in [-0.15, -0.1) is 11.3 Å². The van der Waals surface area contributed by atoms with Gasteiger partial charge in [-0.1, -0.05) is 11.6 Å². The molecule has 0 spiro atoms. The van der Waals surface area contributed by atoms with E-state index in [-0.39, 0.29) is 0 Å². The molecule has 12 heavy (non-hydrogen) atoms. The van der Waals surface area contributed by atoms with Gasteiger partial charge in [0.25, 0.3) is 0 Å². The number of anilines is 1. The third-order valence-electron chi connectivity index (χ3n) is 1.39. The highest BCUT2D eigenvalue weighted by molar-refractivity contribution is 7.18. The van der Waals surface area contributed by atoms with Gasteiger partial charge in [-0.3, -0.25) is 5.10 Å². The number of hydrogen-bond donors (Lipinski definition) is 2. The first-order valence-electron chi connectivity index (χ1n) is 3.18. The van der Waals surface area contributed by atoms with Crippen molar-refractivity contribution < 1.29 is 0 Å². The molecule has 0 fully saturated rings. The molecule has 0 atom stereocenters. The molecular weight excluding hydrogens is 196 g/mol. The average Bonchev–Trinajstić information content (AvgIpc) is 2.58. The predicted octanol–water partition coefficient (Wildman–Crippen LogP) is 1.77. The molecule has 2 rings (SSSR count). The van der Waals surface area contributed by atoms with Gasteiger partial charge in [-0.25, -0.2) is 4.98 Å². The minimum Gasteiger partial charge on any atom is -0.396 e. The Morgan fingerprint density at radius 3 is 2.83 bits per heavy atom. The number of H-pyrrole nitrogens is 1. The largest absolute Gasteiger partial charge is 0.396 e. The van der Waals surface area contributed by atoms with E-state index in [1.54, 1.807) is 12.4 Å². The van der Waals surface area contributed by atoms with Crippen LogP contribution in [0.25, 0.3) is 10.6 Å². The van der Waals surface area contributed by atoms with Crippen LogP contribution in [0.4, 0.5) is 5.69 Å². The van der Waals surface area contributed by atoms with Crippen LogP contribution in [0.2, 0.25) is 4.47 Å². The smallest absolute Gasteiger partial charge is 0.184 e. The van der Waals surface area contributed by atoms with E-state index in [0.717, 1.165) is 10.6 Å². The zero-order chi connectivity index (χ0) is 8.55. The van der Waals surface area contributed by atoms with Gasteiger partial charge < -0.3 is 5.73 Å². The Bertz CT molecular complexity index is 394. The summed E-state index contributed by atoms with van der Waals surface area (Å²) in [5.74, 6) is 0. The topological polar surface area (TPSA) is 67.6 Å². The maximum Gasteiger partial charge on any atom is 0.184 e. The van der Waals surface area contributed by atoms with E-state index in [0.29, 0.717) is 10.2 Å². The number of thiazole rings is 1. The van der Waals surface area contributed by atoms with Gasteiger partial charge in [-0.2, -0.15) is 5.10 Å². The van der Waals surface area contributed by atoms with Crippen LogP contribution in [0.1, 0.15) is 0 Å². The van der Waals surface area contributed by atoms with Crippen LogP contribution in [0.3, 0.4) is 0 Å². The molecular formula is C6H5ClN4S. The molecule has 3 N–H and O–H groups in total. The molecule has 0 bridgehead atoms. The Hall–Kier alpha value is -1.07. The predicted molar refractivity (Wildman–Crippen MR) is 49.1 cm³/mol. The van der Waals surface area contributed by atoms with Crippen LogP contribution in [0.15, 0.2) is 12.4 Å². The minimum atomic E-state index is 0.499. The van der Waals surface area contributed by atoms with Crippen molar-refractivity contribution >= 4 is 28.6 Å². The van der Waals surface area contributed by atoms with Crippen LogP contribution in [0.5, 0.6) is 0 Å². The first-order valence-corrected chi connectivity index (χ1v) is 4.37. The summed E-state index contributed by atoms with van der Waals surface area (Å²) >= 11 is 7.02. The zero-order valence-corrected chi connectivity index (χ0v) is 7.49. The second kappa shape index (κ2) is 2.76. The molecule has 0 aliphatic rings. The third-order valence-corrected chi connectivity index (χ3v) is 2.52. The molecule has 0 saturated heterocycles. The summed E-state index contributed by atoms with van der Waals surface area (Å²) in [5.41, 5.74) is 7.01. The lowest BCUT2D eigenvalue weighted by atomic mass is 10.3. The van der Waals surface area contributed by atoms with Crippen LogP contribution < -0.4 is 5.73 Å². The summed E-state index contributed by atoms with van der Waals surface area (Å²) in [6.07, 6.45) is 3.22. The first-order chi connectivity index (χ1) is 5.77. The molecule has 0 unspecified atom stereocenters. The lowest BCUT2D eigenvalue weighted by Crippen LogP contribution is -1.83. The average molecular weight is 201 g/mol. The second-order valence-electron chi connectivity index (χ2n) is 2.18. The van der Waals surface area contributed by atoms with Crippen molar-refractivity contribution in [3.8, 4) is 10.6 Å². The van der Waals surface area contributed by atoms with Crippen molar-refractivity contribution in [2.75, 3.05) is 5.73 Å². The van der Waals surface area contributed by atoms with Crippen molar-refractivity contribution in [1.82, 2.24) is 15.2 Å². The van der Waals surface area contributed by atoms with Gasteiger partial charge in [0, 0.05) is 6.20 Å². The highest BCUT2D eigenvalue weighted by Gasteiger charge is 2.07. The summed E-state index contributed by atoms with van der Waals surface area (Å²) < 4.78 is 0.499. The number of halogens is 1. The Labute approximate surface area is 77.4 Å². The van der Waals surface area contributed by atoms with Crippen molar-refractivity contribution in [2.45, 2.75) is 0 Å². The molecule has 62 valence electrons. The molecule has 0 aromatic carbocycles. The fourth-order valence-electron chi connectivity index (χ4n) is 0.861. The highest BCUT2D eigenvalue weighted by Crippen LogP contribution is 2.30. The molecule has 4 nitrogen and oxygen atoms in total. The number of aromatic amines is 1. The molecule has 0 amide bonds. The molecule has 2 aromatic heterocycles. The van der Waals surface area contributed by atoms with E-state index >= 15 is 0 Å². The third kappa shape index (κ3) is 1.17. The van der Waals surface area contributed by atoms with E-state index in [1.807, 2.05) is 0 Å². The molecule has 0 saturated carbocycles.